The Balaban J connectivity index is 1.68. The van der Waals surface area contributed by atoms with E-state index < -0.39 is 0 Å². The normalized spacial score (nSPS) is 11.4. The molecule has 132 valence electrons. The molecule has 5 rings (SSSR count). The number of pyridine rings is 1. The second kappa shape index (κ2) is 5.96. The van der Waals surface area contributed by atoms with Gasteiger partial charge in [0.15, 0.2) is 0 Å². The molecule has 2 aromatic carbocycles. The summed E-state index contributed by atoms with van der Waals surface area (Å²) in [6.45, 7) is -0.0101. The number of rotatable bonds is 3. The molecule has 0 aliphatic carbocycles. The highest BCUT2D eigenvalue weighted by Crippen LogP contribution is 2.27. The van der Waals surface area contributed by atoms with Crippen molar-refractivity contribution in [2.45, 2.75) is 6.61 Å². The summed E-state index contributed by atoms with van der Waals surface area (Å²) >= 11 is 0. The van der Waals surface area contributed by atoms with Crippen LogP contribution >= 0.6 is 0 Å². The topological polar surface area (TPSA) is 97.6 Å². The van der Waals surface area contributed by atoms with E-state index in [9.17, 15) is 9.90 Å². The van der Waals surface area contributed by atoms with Crippen molar-refractivity contribution in [3.05, 3.63) is 76.8 Å². The Hall–Kier alpha value is -3.64. The first-order valence-corrected chi connectivity index (χ1v) is 8.60. The van der Waals surface area contributed by atoms with E-state index in [2.05, 4.69) is 20.2 Å². The fourth-order valence-electron chi connectivity index (χ4n) is 3.42. The fraction of sp³-hybridized carbons (Fsp3) is 0.0476. The summed E-state index contributed by atoms with van der Waals surface area (Å²) in [5, 5.41) is 18.0. The van der Waals surface area contributed by atoms with Gasteiger partial charge in [0.2, 0.25) is 0 Å². The zero-order valence-corrected chi connectivity index (χ0v) is 14.3. The summed E-state index contributed by atoms with van der Waals surface area (Å²) in [5.74, 6) is 0. The van der Waals surface area contributed by atoms with Crippen LogP contribution in [-0.2, 0) is 6.61 Å². The van der Waals surface area contributed by atoms with Crippen LogP contribution in [0.1, 0.15) is 5.56 Å². The van der Waals surface area contributed by atoms with Crippen molar-refractivity contribution < 1.29 is 5.11 Å². The van der Waals surface area contributed by atoms with Crippen LogP contribution in [0, 0.1) is 0 Å². The molecule has 27 heavy (non-hydrogen) atoms. The third kappa shape index (κ3) is 2.63. The van der Waals surface area contributed by atoms with Gasteiger partial charge in [0.05, 0.1) is 24.1 Å². The van der Waals surface area contributed by atoms with Gasteiger partial charge < -0.3 is 15.1 Å². The lowest BCUT2D eigenvalue weighted by molar-refractivity contribution is 0.282. The van der Waals surface area contributed by atoms with Crippen molar-refractivity contribution in [3.63, 3.8) is 0 Å². The van der Waals surface area contributed by atoms with Gasteiger partial charge in [0.1, 0.15) is 0 Å². The summed E-state index contributed by atoms with van der Waals surface area (Å²) in [4.78, 5) is 18.9. The van der Waals surface area contributed by atoms with Crippen molar-refractivity contribution in [1.29, 1.82) is 0 Å². The highest BCUT2D eigenvalue weighted by Gasteiger charge is 2.10. The van der Waals surface area contributed by atoms with E-state index in [0.29, 0.717) is 5.56 Å². The van der Waals surface area contributed by atoms with Gasteiger partial charge in [-0.1, -0.05) is 12.1 Å². The smallest absolute Gasteiger partial charge is 0.257 e. The first-order chi connectivity index (χ1) is 13.2. The van der Waals surface area contributed by atoms with Crippen molar-refractivity contribution in [3.8, 4) is 22.4 Å². The summed E-state index contributed by atoms with van der Waals surface area (Å²) in [6, 6.07) is 15.4. The number of H-pyrrole nitrogens is 3. The molecule has 6 heteroatoms. The molecule has 6 nitrogen and oxygen atoms in total. The van der Waals surface area contributed by atoms with Crippen LogP contribution in [0.4, 0.5) is 0 Å². The molecule has 0 saturated heterocycles. The molecule has 0 amide bonds. The molecule has 0 aliphatic rings. The maximum atomic E-state index is 12.6. The average Bonchev–Trinajstić information content (AvgIpc) is 3.36. The van der Waals surface area contributed by atoms with Crippen LogP contribution < -0.4 is 5.56 Å². The molecule has 0 bridgehead atoms. The number of hydrogen-bond acceptors (Lipinski definition) is 3. The Kier molecular flexibility index (Phi) is 3.45. The lowest BCUT2D eigenvalue weighted by Crippen LogP contribution is -2.08. The lowest BCUT2D eigenvalue weighted by Gasteiger charge is -2.04. The SMILES string of the molecule is O=c1[nH]c2ccc(-c3cn[nH]c3)cc2cc1-c1cc2cc(CO)ccc2[nH]1. The van der Waals surface area contributed by atoms with Gasteiger partial charge in [-0.25, -0.2) is 0 Å². The van der Waals surface area contributed by atoms with Crippen LogP contribution in [0.5, 0.6) is 0 Å². The van der Waals surface area contributed by atoms with E-state index >= 15 is 0 Å². The van der Waals surface area contributed by atoms with E-state index in [1.165, 1.54) is 0 Å². The monoisotopic (exact) mass is 356 g/mol. The molecular formula is C21H16N4O2. The minimum absolute atomic E-state index is 0.0101. The van der Waals surface area contributed by atoms with Crippen LogP contribution in [0.2, 0.25) is 0 Å². The van der Waals surface area contributed by atoms with E-state index in [1.54, 1.807) is 6.20 Å². The molecule has 0 spiro atoms. The van der Waals surface area contributed by atoms with Gasteiger partial charge >= 0.3 is 0 Å². The highest BCUT2D eigenvalue weighted by atomic mass is 16.3. The minimum atomic E-state index is -0.146. The largest absolute Gasteiger partial charge is 0.392 e. The number of aliphatic hydroxyl groups excluding tert-OH is 1. The number of fused-ring (bicyclic) bond motifs is 2. The second-order valence-corrected chi connectivity index (χ2v) is 6.56. The Morgan fingerprint density at radius 1 is 0.889 bits per heavy atom. The third-order valence-electron chi connectivity index (χ3n) is 4.83. The molecule has 0 aliphatic heterocycles. The third-order valence-corrected chi connectivity index (χ3v) is 4.83. The van der Waals surface area contributed by atoms with Crippen LogP contribution in [0.3, 0.4) is 0 Å². The minimum Gasteiger partial charge on any atom is -0.392 e. The molecule has 5 aromatic rings. The van der Waals surface area contributed by atoms with E-state index in [0.717, 1.165) is 44.2 Å². The number of aromatic amines is 3. The summed E-state index contributed by atoms with van der Waals surface area (Å²) in [6.07, 6.45) is 3.61. The highest BCUT2D eigenvalue weighted by molar-refractivity contribution is 5.90. The van der Waals surface area contributed by atoms with Crippen molar-refractivity contribution in [2.75, 3.05) is 0 Å². The van der Waals surface area contributed by atoms with Crippen molar-refractivity contribution in [1.82, 2.24) is 20.2 Å². The summed E-state index contributed by atoms with van der Waals surface area (Å²) < 4.78 is 0. The second-order valence-electron chi connectivity index (χ2n) is 6.56. The van der Waals surface area contributed by atoms with Gasteiger partial charge in [0, 0.05) is 28.2 Å². The van der Waals surface area contributed by atoms with Crippen LogP contribution in [-0.4, -0.2) is 25.3 Å². The predicted octanol–water partition coefficient (Wildman–Crippen LogP) is 3.56. The Morgan fingerprint density at radius 2 is 1.70 bits per heavy atom. The Labute approximate surface area is 153 Å². The molecule has 0 saturated carbocycles. The van der Waals surface area contributed by atoms with Gasteiger partial charge in [-0.2, -0.15) is 5.10 Å². The molecule has 3 aromatic heterocycles. The van der Waals surface area contributed by atoms with Crippen molar-refractivity contribution in [2.24, 2.45) is 0 Å². The fourth-order valence-corrected chi connectivity index (χ4v) is 3.42. The van der Waals surface area contributed by atoms with Gasteiger partial charge in [-0.05, 0) is 52.9 Å². The lowest BCUT2D eigenvalue weighted by atomic mass is 10.0. The standard InChI is InChI=1S/C21H16N4O2/c26-11-12-1-3-18-14(5-12)8-20(24-18)17-7-15-6-13(16-9-22-23-10-16)2-4-19(15)25-21(17)27/h1-10,24,26H,11H2,(H,22,23)(H,25,27). The zero-order valence-electron chi connectivity index (χ0n) is 14.3. The van der Waals surface area contributed by atoms with Crippen molar-refractivity contribution >= 4 is 21.8 Å². The molecule has 0 radical (unpaired) electrons. The number of nitrogens with one attached hydrogen (secondary N) is 3. The average molecular weight is 356 g/mol. The number of benzene rings is 2. The zero-order chi connectivity index (χ0) is 18.4. The summed E-state index contributed by atoms with van der Waals surface area (Å²) in [7, 11) is 0. The molecule has 0 unspecified atom stereocenters. The molecule has 4 N–H and O–H groups in total. The maximum Gasteiger partial charge on any atom is 0.257 e. The number of aromatic nitrogens is 4. The summed E-state index contributed by atoms with van der Waals surface area (Å²) in [5.41, 5.74) is 5.75. The number of nitrogens with zero attached hydrogens (tertiary/aromatic N) is 1. The van der Waals surface area contributed by atoms with Gasteiger partial charge in [-0.15, -0.1) is 0 Å². The van der Waals surface area contributed by atoms with Crippen LogP contribution in [0.15, 0.2) is 65.7 Å². The molecule has 0 atom stereocenters. The van der Waals surface area contributed by atoms with Gasteiger partial charge in [-0.3, -0.25) is 9.89 Å². The Morgan fingerprint density at radius 3 is 2.52 bits per heavy atom. The van der Waals surface area contributed by atoms with E-state index in [1.807, 2.05) is 54.7 Å². The molecule has 3 heterocycles. The molecular weight excluding hydrogens is 340 g/mol. The quantitative estimate of drug-likeness (QED) is 0.398. The van der Waals surface area contributed by atoms with Gasteiger partial charge in [0.25, 0.3) is 5.56 Å². The number of aliphatic hydroxyl groups is 1. The van der Waals surface area contributed by atoms with E-state index in [-0.39, 0.29) is 12.2 Å². The molecule has 0 fully saturated rings. The maximum absolute atomic E-state index is 12.6. The predicted molar refractivity (Wildman–Crippen MR) is 105 cm³/mol. The first kappa shape index (κ1) is 15.6. The van der Waals surface area contributed by atoms with Crippen LogP contribution in [0.25, 0.3) is 44.2 Å². The number of hydrogen-bond donors (Lipinski definition) is 4. The van der Waals surface area contributed by atoms with E-state index in [4.69, 9.17) is 0 Å². The first-order valence-electron chi connectivity index (χ1n) is 8.60. The Bertz CT molecular complexity index is 1330.